The van der Waals surface area contributed by atoms with Gasteiger partial charge in [0.25, 0.3) is 5.91 Å². The molecule has 0 heterocycles. The van der Waals surface area contributed by atoms with Crippen molar-refractivity contribution >= 4 is 11.9 Å². The molecule has 0 radical (unpaired) electrons. The summed E-state index contributed by atoms with van der Waals surface area (Å²) in [5, 5.41) is 2.71. The molecular weight excluding hydrogens is 330 g/mol. The predicted octanol–water partition coefficient (Wildman–Crippen LogP) is 3.61. The lowest BCUT2D eigenvalue weighted by Crippen LogP contribution is -2.41. The third kappa shape index (κ3) is 4.85. The van der Waals surface area contributed by atoms with Gasteiger partial charge in [0.15, 0.2) is 12.1 Å². The molecule has 5 nitrogen and oxygen atoms in total. The average molecular weight is 355 g/mol. The molecule has 2 atom stereocenters. The van der Waals surface area contributed by atoms with Gasteiger partial charge in [-0.3, -0.25) is 4.79 Å². The van der Waals surface area contributed by atoms with Crippen LogP contribution in [-0.4, -0.2) is 25.1 Å². The van der Waals surface area contributed by atoms with Crippen molar-refractivity contribution in [1.29, 1.82) is 0 Å². The number of carbonyl (C=O) groups is 2. The van der Waals surface area contributed by atoms with Crippen LogP contribution in [-0.2, 0) is 14.3 Å². The highest BCUT2D eigenvalue weighted by molar-refractivity contribution is 5.87. The van der Waals surface area contributed by atoms with Gasteiger partial charge in [-0.25, -0.2) is 4.79 Å². The Balaban J connectivity index is 2.13. The van der Waals surface area contributed by atoms with Crippen molar-refractivity contribution in [1.82, 2.24) is 5.32 Å². The zero-order valence-corrected chi connectivity index (χ0v) is 15.6. The molecule has 2 aromatic carbocycles. The van der Waals surface area contributed by atoms with Crippen LogP contribution in [0.4, 0.5) is 0 Å². The minimum atomic E-state index is -0.875. The first-order chi connectivity index (χ1) is 12.4. The van der Waals surface area contributed by atoms with Crippen molar-refractivity contribution in [3.05, 3.63) is 65.7 Å². The molecule has 138 valence electrons. The Labute approximate surface area is 154 Å². The molecule has 26 heavy (non-hydrogen) atoms. The molecule has 2 aromatic rings. The maximum absolute atomic E-state index is 12.6. The molecule has 1 amide bonds. The third-order valence-corrected chi connectivity index (χ3v) is 4.07. The van der Waals surface area contributed by atoms with Gasteiger partial charge >= 0.3 is 5.97 Å². The lowest BCUT2D eigenvalue weighted by Gasteiger charge is -2.22. The van der Waals surface area contributed by atoms with Crippen molar-refractivity contribution in [2.75, 3.05) is 7.11 Å². The molecular formula is C21H25NO4. The lowest BCUT2D eigenvalue weighted by molar-refractivity contribution is -0.146. The molecule has 1 N–H and O–H groups in total. The maximum Gasteiger partial charge on any atom is 0.333 e. The molecule has 2 unspecified atom stereocenters. The molecule has 0 saturated heterocycles. The lowest BCUT2D eigenvalue weighted by atomic mass is 10.0. The molecule has 0 aromatic heterocycles. The second kappa shape index (κ2) is 9.04. The summed E-state index contributed by atoms with van der Waals surface area (Å²) in [6.07, 6.45) is -0.759. The fourth-order valence-corrected chi connectivity index (χ4v) is 2.61. The van der Waals surface area contributed by atoms with E-state index in [1.54, 1.807) is 31.2 Å². The Kier molecular flexibility index (Phi) is 6.78. The largest absolute Gasteiger partial charge is 0.481 e. The van der Waals surface area contributed by atoms with E-state index in [4.69, 9.17) is 9.47 Å². The third-order valence-electron chi connectivity index (χ3n) is 4.07. The summed E-state index contributed by atoms with van der Waals surface area (Å²) in [6.45, 7) is 5.79. The Morgan fingerprint density at radius 3 is 2.15 bits per heavy atom. The second-order valence-corrected chi connectivity index (χ2v) is 6.33. The van der Waals surface area contributed by atoms with Crippen LogP contribution in [0, 0.1) is 0 Å². The fraction of sp³-hybridized carbons (Fsp3) is 0.333. The van der Waals surface area contributed by atoms with Gasteiger partial charge < -0.3 is 14.8 Å². The van der Waals surface area contributed by atoms with Crippen molar-refractivity contribution in [3.8, 4) is 5.75 Å². The van der Waals surface area contributed by atoms with Gasteiger partial charge in [0.2, 0.25) is 0 Å². The summed E-state index contributed by atoms with van der Waals surface area (Å²) in [4.78, 5) is 24.7. The standard InChI is InChI=1S/C21H25NO4/c1-14(2)17-12-8-9-13-18(17)26-15(3)20(23)22-19(21(24)25-4)16-10-6-5-7-11-16/h5-15,19H,1-4H3,(H,22,23). The van der Waals surface area contributed by atoms with Crippen LogP contribution in [0.5, 0.6) is 5.75 Å². The van der Waals surface area contributed by atoms with Gasteiger partial charge in [0, 0.05) is 0 Å². The number of amides is 1. The van der Waals surface area contributed by atoms with E-state index in [1.807, 2.05) is 30.3 Å². The van der Waals surface area contributed by atoms with E-state index >= 15 is 0 Å². The van der Waals surface area contributed by atoms with Gasteiger partial charge in [0.1, 0.15) is 5.75 Å². The van der Waals surface area contributed by atoms with Gasteiger partial charge in [0.05, 0.1) is 7.11 Å². The van der Waals surface area contributed by atoms with Gasteiger partial charge in [-0.2, -0.15) is 0 Å². The first kappa shape index (κ1) is 19.5. The number of nitrogens with one attached hydrogen (secondary N) is 1. The molecule has 2 rings (SSSR count). The SMILES string of the molecule is COC(=O)C(NC(=O)C(C)Oc1ccccc1C(C)C)c1ccccc1. The van der Waals surface area contributed by atoms with Crippen LogP contribution in [0.15, 0.2) is 54.6 Å². The maximum atomic E-state index is 12.6. The highest BCUT2D eigenvalue weighted by Gasteiger charge is 2.26. The monoisotopic (exact) mass is 355 g/mol. The number of carbonyl (C=O) groups excluding carboxylic acids is 2. The number of hydrogen-bond acceptors (Lipinski definition) is 4. The fourth-order valence-electron chi connectivity index (χ4n) is 2.61. The Bertz CT molecular complexity index is 743. The predicted molar refractivity (Wildman–Crippen MR) is 100.0 cm³/mol. The number of ether oxygens (including phenoxy) is 2. The van der Waals surface area contributed by atoms with Gasteiger partial charge in [-0.15, -0.1) is 0 Å². The molecule has 0 spiro atoms. The van der Waals surface area contributed by atoms with Gasteiger partial charge in [-0.05, 0) is 30.0 Å². The van der Waals surface area contributed by atoms with Crippen LogP contribution in [0.1, 0.15) is 43.9 Å². The summed E-state index contributed by atoms with van der Waals surface area (Å²) in [5.41, 5.74) is 1.68. The smallest absolute Gasteiger partial charge is 0.333 e. The first-order valence-corrected chi connectivity index (χ1v) is 8.62. The van der Waals surface area contributed by atoms with Crippen LogP contribution >= 0.6 is 0 Å². The zero-order valence-electron chi connectivity index (χ0n) is 15.6. The Morgan fingerprint density at radius 1 is 0.923 bits per heavy atom. The van der Waals surface area contributed by atoms with Crippen LogP contribution < -0.4 is 10.1 Å². The number of rotatable bonds is 7. The second-order valence-electron chi connectivity index (χ2n) is 6.33. The minimum absolute atomic E-state index is 0.272. The molecule has 5 heteroatoms. The summed E-state index contributed by atoms with van der Waals surface area (Å²) in [7, 11) is 1.29. The molecule has 0 bridgehead atoms. The van der Waals surface area contributed by atoms with Crippen molar-refractivity contribution in [2.45, 2.75) is 38.8 Å². The van der Waals surface area contributed by atoms with E-state index < -0.39 is 18.1 Å². The normalized spacial score (nSPS) is 13.0. The van der Waals surface area contributed by atoms with Gasteiger partial charge in [-0.1, -0.05) is 62.4 Å². The number of benzene rings is 2. The first-order valence-electron chi connectivity index (χ1n) is 8.62. The summed E-state index contributed by atoms with van der Waals surface area (Å²) in [5.74, 6) is 0.0234. The highest BCUT2D eigenvalue weighted by atomic mass is 16.5. The van der Waals surface area contributed by atoms with Crippen molar-refractivity contribution < 1.29 is 19.1 Å². The molecule has 0 aliphatic rings. The Morgan fingerprint density at radius 2 is 1.54 bits per heavy atom. The number of methoxy groups -OCH3 is 1. The van der Waals surface area contributed by atoms with E-state index in [0.29, 0.717) is 11.3 Å². The number of para-hydroxylation sites is 1. The van der Waals surface area contributed by atoms with E-state index in [2.05, 4.69) is 19.2 Å². The zero-order chi connectivity index (χ0) is 19.1. The molecule has 0 aliphatic carbocycles. The van der Waals surface area contributed by atoms with E-state index in [9.17, 15) is 9.59 Å². The highest BCUT2D eigenvalue weighted by Crippen LogP contribution is 2.27. The average Bonchev–Trinajstić information content (AvgIpc) is 2.66. The number of hydrogen-bond donors (Lipinski definition) is 1. The topological polar surface area (TPSA) is 64.6 Å². The van der Waals surface area contributed by atoms with E-state index in [0.717, 1.165) is 5.56 Å². The minimum Gasteiger partial charge on any atom is -0.481 e. The van der Waals surface area contributed by atoms with E-state index in [1.165, 1.54) is 7.11 Å². The van der Waals surface area contributed by atoms with Crippen LogP contribution in [0.2, 0.25) is 0 Å². The molecule has 0 aliphatic heterocycles. The molecule has 0 fully saturated rings. The summed E-state index contributed by atoms with van der Waals surface area (Å²) in [6, 6.07) is 15.7. The van der Waals surface area contributed by atoms with Crippen molar-refractivity contribution in [2.24, 2.45) is 0 Å². The summed E-state index contributed by atoms with van der Waals surface area (Å²) >= 11 is 0. The Hall–Kier alpha value is -2.82. The molecule has 0 saturated carbocycles. The van der Waals surface area contributed by atoms with Crippen LogP contribution in [0.3, 0.4) is 0 Å². The van der Waals surface area contributed by atoms with E-state index in [-0.39, 0.29) is 11.8 Å². The van der Waals surface area contributed by atoms with Crippen molar-refractivity contribution in [3.63, 3.8) is 0 Å². The number of esters is 1. The van der Waals surface area contributed by atoms with Crippen LogP contribution in [0.25, 0.3) is 0 Å². The quantitative estimate of drug-likeness (QED) is 0.771. The summed E-state index contributed by atoms with van der Waals surface area (Å²) < 4.78 is 10.7.